The lowest BCUT2D eigenvalue weighted by molar-refractivity contribution is 0.225. The number of rotatable bonds is 5. The zero-order valence-corrected chi connectivity index (χ0v) is 13.2. The van der Waals surface area contributed by atoms with E-state index in [9.17, 15) is 4.39 Å². The number of hydrogen-bond donors (Lipinski definition) is 1. The monoisotopic (exact) mass is 265 g/mol. The second-order valence-electron chi connectivity index (χ2n) is 6.76. The number of aryl methyl sites for hydroxylation is 1. The number of likely N-dealkylation sites (N-methyl/N-ethyl adjacent to an activating group) is 1. The van der Waals surface area contributed by atoms with Gasteiger partial charge < -0.3 is 5.32 Å². The minimum absolute atomic E-state index is 0.140. The van der Waals surface area contributed by atoms with Gasteiger partial charge in [0.2, 0.25) is 0 Å². The summed E-state index contributed by atoms with van der Waals surface area (Å²) in [5, 5.41) is 3.38. The van der Waals surface area contributed by atoms with E-state index in [-0.39, 0.29) is 5.82 Å². The molecule has 0 bridgehead atoms. The van der Waals surface area contributed by atoms with Crippen LogP contribution < -0.4 is 5.32 Å². The highest BCUT2D eigenvalue weighted by molar-refractivity contribution is 5.27. The molecule has 1 aromatic rings. The Morgan fingerprint density at radius 3 is 2.42 bits per heavy atom. The molecular formula is C17H28FN. The van der Waals surface area contributed by atoms with Crippen LogP contribution in [-0.4, -0.2) is 13.1 Å². The van der Waals surface area contributed by atoms with E-state index in [1.807, 2.05) is 13.1 Å². The van der Waals surface area contributed by atoms with Crippen LogP contribution in [0, 0.1) is 24.1 Å². The Kier molecular flexibility index (Phi) is 5.54. The lowest BCUT2D eigenvalue weighted by Gasteiger charge is -2.31. The van der Waals surface area contributed by atoms with Crippen molar-refractivity contribution < 1.29 is 4.39 Å². The van der Waals surface area contributed by atoms with Gasteiger partial charge in [0.25, 0.3) is 0 Å². The van der Waals surface area contributed by atoms with Crippen molar-refractivity contribution in [3.05, 3.63) is 35.1 Å². The van der Waals surface area contributed by atoms with Crippen molar-refractivity contribution in [2.45, 2.75) is 53.5 Å². The van der Waals surface area contributed by atoms with Crippen LogP contribution in [-0.2, 0) is 6.42 Å². The standard InChI is InChI=1S/C17H28FN/c1-12-7-8-15(18)10-14(12)11-16(19-6)9-13(2)17(3,4)5/h7-8,10,13,16,19H,9,11H2,1-6H3. The first-order valence-electron chi connectivity index (χ1n) is 7.16. The third-order valence-electron chi connectivity index (χ3n) is 4.30. The second kappa shape index (κ2) is 6.51. The molecule has 0 aliphatic rings. The van der Waals surface area contributed by atoms with Crippen molar-refractivity contribution in [2.24, 2.45) is 11.3 Å². The minimum atomic E-state index is -0.140. The van der Waals surface area contributed by atoms with Crippen LogP contribution in [0.5, 0.6) is 0 Å². The lowest BCUT2D eigenvalue weighted by Crippen LogP contribution is -2.33. The fourth-order valence-electron chi connectivity index (χ4n) is 2.21. The Labute approximate surface area is 117 Å². The van der Waals surface area contributed by atoms with E-state index in [2.05, 4.69) is 39.9 Å². The molecule has 2 unspecified atom stereocenters. The third-order valence-corrected chi connectivity index (χ3v) is 4.30. The van der Waals surface area contributed by atoms with Crippen molar-refractivity contribution in [2.75, 3.05) is 7.05 Å². The lowest BCUT2D eigenvalue weighted by atomic mass is 9.77. The molecule has 2 atom stereocenters. The summed E-state index contributed by atoms with van der Waals surface area (Å²) in [6, 6.07) is 5.46. The zero-order chi connectivity index (χ0) is 14.6. The van der Waals surface area contributed by atoms with Gasteiger partial charge in [0.05, 0.1) is 0 Å². The molecule has 0 saturated heterocycles. The van der Waals surface area contributed by atoms with E-state index in [0.717, 1.165) is 18.4 Å². The van der Waals surface area contributed by atoms with E-state index in [1.165, 1.54) is 11.6 Å². The van der Waals surface area contributed by atoms with Gasteiger partial charge in [-0.25, -0.2) is 4.39 Å². The van der Waals surface area contributed by atoms with E-state index >= 15 is 0 Å². The van der Waals surface area contributed by atoms with Crippen LogP contribution in [0.2, 0.25) is 0 Å². The minimum Gasteiger partial charge on any atom is -0.317 e. The first-order valence-corrected chi connectivity index (χ1v) is 7.16. The van der Waals surface area contributed by atoms with Crippen molar-refractivity contribution >= 4 is 0 Å². The molecule has 108 valence electrons. The largest absolute Gasteiger partial charge is 0.317 e. The van der Waals surface area contributed by atoms with Crippen molar-refractivity contribution in [1.29, 1.82) is 0 Å². The topological polar surface area (TPSA) is 12.0 Å². The van der Waals surface area contributed by atoms with Crippen LogP contribution >= 0.6 is 0 Å². The molecule has 2 heteroatoms. The molecule has 0 radical (unpaired) electrons. The Morgan fingerprint density at radius 2 is 1.89 bits per heavy atom. The summed E-state index contributed by atoms with van der Waals surface area (Å²) in [6.07, 6.45) is 2.00. The fourth-order valence-corrected chi connectivity index (χ4v) is 2.21. The van der Waals surface area contributed by atoms with Gasteiger partial charge in [-0.1, -0.05) is 33.8 Å². The first kappa shape index (κ1) is 16.2. The van der Waals surface area contributed by atoms with Crippen molar-refractivity contribution in [1.82, 2.24) is 5.32 Å². The maximum absolute atomic E-state index is 13.3. The van der Waals surface area contributed by atoms with Gasteiger partial charge >= 0.3 is 0 Å². The smallest absolute Gasteiger partial charge is 0.123 e. The Morgan fingerprint density at radius 1 is 1.26 bits per heavy atom. The second-order valence-corrected chi connectivity index (χ2v) is 6.76. The third kappa shape index (κ3) is 4.94. The predicted octanol–water partition coefficient (Wildman–Crippen LogP) is 4.34. The molecular weight excluding hydrogens is 237 g/mol. The maximum Gasteiger partial charge on any atom is 0.123 e. The molecule has 0 aliphatic heterocycles. The predicted molar refractivity (Wildman–Crippen MR) is 80.9 cm³/mol. The molecule has 1 aromatic carbocycles. The Balaban J connectivity index is 2.74. The summed E-state index contributed by atoms with van der Waals surface area (Å²) in [4.78, 5) is 0. The number of nitrogens with one attached hydrogen (secondary N) is 1. The van der Waals surface area contributed by atoms with Crippen LogP contribution in [0.1, 0.15) is 45.2 Å². The summed E-state index contributed by atoms with van der Waals surface area (Å²) in [5.74, 6) is 0.484. The molecule has 0 spiro atoms. The van der Waals surface area contributed by atoms with E-state index in [4.69, 9.17) is 0 Å². The highest BCUT2D eigenvalue weighted by atomic mass is 19.1. The average Bonchev–Trinajstić information content (AvgIpc) is 2.31. The molecule has 19 heavy (non-hydrogen) atoms. The van der Waals surface area contributed by atoms with E-state index < -0.39 is 0 Å². The first-order chi connectivity index (χ1) is 8.74. The Bertz CT molecular complexity index is 406. The van der Waals surface area contributed by atoms with E-state index in [0.29, 0.717) is 17.4 Å². The molecule has 0 aromatic heterocycles. The fraction of sp³-hybridized carbons (Fsp3) is 0.647. The highest BCUT2D eigenvalue weighted by Gasteiger charge is 2.23. The van der Waals surface area contributed by atoms with E-state index in [1.54, 1.807) is 6.07 Å². The molecule has 0 saturated carbocycles. The molecule has 1 rings (SSSR count). The average molecular weight is 265 g/mol. The van der Waals surface area contributed by atoms with Gasteiger partial charge in [-0.3, -0.25) is 0 Å². The zero-order valence-electron chi connectivity index (χ0n) is 13.2. The molecule has 0 fully saturated rings. The summed E-state index contributed by atoms with van der Waals surface area (Å²) < 4.78 is 13.3. The van der Waals surface area contributed by atoms with Crippen LogP contribution in [0.15, 0.2) is 18.2 Å². The van der Waals surface area contributed by atoms with Gasteiger partial charge in [-0.2, -0.15) is 0 Å². The molecule has 1 nitrogen and oxygen atoms in total. The summed E-state index contributed by atoms with van der Waals surface area (Å²) in [7, 11) is 1.99. The van der Waals surface area contributed by atoms with Gasteiger partial charge in [0.1, 0.15) is 5.82 Å². The van der Waals surface area contributed by atoms with Crippen molar-refractivity contribution in [3.8, 4) is 0 Å². The van der Waals surface area contributed by atoms with Gasteiger partial charge in [0, 0.05) is 6.04 Å². The molecule has 0 amide bonds. The quantitative estimate of drug-likeness (QED) is 0.835. The number of hydrogen-bond acceptors (Lipinski definition) is 1. The Hall–Kier alpha value is -0.890. The van der Waals surface area contributed by atoms with Crippen LogP contribution in [0.3, 0.4) is 0 Å². The SMILES string of the molecule is CNC(Cc1cc(F)ccc1C)CC(C)C(C)(C)C. The number of benzene rings is 1. The normalized spacial score (nSPS) is 15.3. The summed E-state index contributed by atoms with van der Waals surface area (Å²) in [6.45, 7) is 11.2. The van der Waals surface area contributed by atoms with Crippen LogP contribution in [0.4, 0.5) is 4.39 Å². The molecule has 0 aliphatic carbocycles. The van der Waals surface area contributed by atoms with Crippen molar-refractivity contribution in [3.63, 3.8) is 0 Å². The number of halogens is 1. The summed E-state index contributed by atoms with van der Waals surface area (Å²) in [5.41, 5.74) is 2.59. The maximum atomic E-state index is 13.3. The molecule has 1 N–H and O–H groups in total. The van der Waals surface area contributed by atoms with Gasteiger partial charge in [0.15, 0.2) is 0 Å². The summed E-state index contributed by atoms with van der Waals surface area (Å²) >= 11 is 0. The van der Waals surface area contributed by atoms with Gasteiger partial charge in [-0.05, 0) is 61.4 Å². The van der Waals surface area contributed by atoms with Crippen LogP contribution in [0.25, 0.3) is 0 Å². The molecule has 0 heterocycles. The highest BCUT2D eigenvalue weighted by Crippen LogP contribution is 2.29. The van der Waals surface area contributed by atoms with Gasteiger partial charge in [-0.15, -0.1) is 0 Å².